The molecule has 2 heterocycles. The fourth-order valence-corrected chi connectivity index (χ4v) is 4.51. The minimum Gasteiger partial charge on any atom is -0.298 e. The van der Waals surface area contributed by atoms with Crippen LogP contribution < -0.4 is 5.32 Å². The number of rotatable bonds is 5. The summed E-state index contributed by atoms with van der Waals surface area (Å²) in [5.74, 6) is -0.291. The first-order valence-electron chi connectivity index (χ1n) is 8.47. The summed E-state index contributed by atoms with van der Waals surface area (Å²) >= 11 is 7.09. The van der Waals surface area contributed by atoms with Crippen molar-refractivity contribution in [1.29, 1.82) is 0 Å². The SMILES string of the molecule is CS(=O)(=O)c1ccc2nc(NC(=O)c3ccc(Cn4cc(Cl)cn4)cc3)sc2c1. The molecule has 0 aliphatic rings. The summed E-state index contributed by atoms with van der Waals surface area (Å²) in [4.78, 5) is 17.1. The molecule has 10 heteroatoms. The van der Waals surface area contributed by atoms with E-state index in [9.17, 15) is 13.2 Å². The zero-order chi connectivity index (χ0) is 20.6. The molecular weight excluding hydrogens is 432 g/mol. The Bertz CT molecular complexity index is 1310. The number of thiazole rings is 1. The van der Waals surface area contributed by atoms with Gasteiger partial charge in [-0.15, -0.1) is 0 Å². The lowest BCUT2D eigenvalue weighted by Crippen LogP contribution is -2.11. The van der Waals surface area contributed by atoms with Gasteiger partial charge in [0.1, 0.15) is 0 Å². The predicted molar refractivity (Wildman–Crippen MR) is 113 cm³/mol. The van der Waals surface area contributed by atoms with Gasteiger partial charge >= 0.3 is 0 Å². The Kier molecular flexibility index (Phi) is 5.12. The lowest BCUT2D eigenvalue weighted by atomic mass is 10.1. The summed E-state index contributed by atoms with van der Waals surface area (Å²) in [6.45, 7) is 0.551. The van der Waals surface area contributed by atoms with E-state index in [0.717, 1.165) is 11.8 Å². The van der Waals surface area contributed by atoms with Crippen molar-refractivity contribution < 1.29 is 13.2 Å². The number of halogens is 1. The lowest BCUT2D eigenvalue weighted by Gasteiger charge is -2.04. The molecule has 0 unspecified atom stereocenters. The molecule has 0 aliphatic carbocycles. The molecule has 0 aliphatic heterocycles. The van der Waals surface area contributed by atoms with Crippen LogP contribution in [0.1, 0.15) is 15.9 Å². The number of nitrogens with one attached hydrogen (secondary N) is 1. The van der Waals surface area contributed by atoms with E-state index in [1.165, 1.54) is 17.4 Å². The standard InChI is InChI=1S/C19H15ClN4O3S2/c1-29(26,27)15-6-7-16-17(8-15)28-19(22-16)23-18(25)13-4-2-12(3-5-13)10-24-11-14(20)9-21-24/h2-9,11H,10H2,1H3,(H,22,23,25). The molecule has 1 amide bonds. The van der Waals surface area contributed by atoms with Crippen molar-refractivity contribution in [1.82, 2.24) is 14.8 Å². The summed E-state index contributed by atoms with van der Waals surface area (Å²) in [6.07, 6.45) is 4.45. The lowest BCUT2D eigenvalue weighted by molar-refractivity contribution is 0.102. The smallest absolute Gasteiger partial charge is 0.257 e. The maximum Gasteiger partial charge on any atom is 0.257 e. The van der Waals surface area contributed by atoms with Gasteiger partial charge in [0.15, 0.2) is 15.0 Å². The minimum absolute atomic E-state index is 0.223. The number of hydrogen-bond donors (Lipinski definition) is 1. The van der Waals surface area contributed by atoms with E-state index in [-0.39, 0.29) is 10.8 Å². The van der Waals surface area contributed by atoms with Crippen LogP contribution in [0.3, 0.4) is 0 Å². The van der Waals surface area contributed by atoms with Crippen molar-refractivity contribution >= 4 is 54.0 Å². The van der Waals surface area contributed by atoms with E-state index >= 15 is 0 Å². The molecule has 0 radical (unpaired) electrons. The van der Waals surface area contributed by atoms with Gasteiger partial charge in [-0.25, -0.2) is 13.4 Å². The van der Waals surface area contributed by atoms with Gasteiger partial charge in [-0.3, -0.25) is 14.8 Å². The monoisotopic (exact) mass is 446 g/mol. The zero-order valence-electron chi connectivity index (χ0n) is 15.2. The third kappa shape index (κ3) is 4.47. The first-order chi connectivity index (χ1) is 13.8. The highest BCUT2D eigenvalue weighted by molar-refractivity contribution is 7.90. The van der Waals surface area contributed by atoms with E-state index in [1.807, 2.05) is 12.1 Å². The average Bonchev–Trinajstić information content (AvgIpc) is 3.26. The molecule has 0 fully saturated rings. The van der Waals surface area contributed by atoms with Crippen molar-refractivity contribution in [3.05, 3.63) is 71.0 Å². The van der Waals surface area contributed by atoms with Gasteiger partial charge in [0, 0.05) is 18.0 Å². The van der Waals surface area contributed by atoms with Gasteiger partial charge < -0.3 is 0 Å². The maximum atomic E-state index is 12.5. The number of carbonyl (C=O) groups is 1. The molecule has 7 nitrogen and oxygen atoms in total. The molecule has 2 aromatic heterocycles. The van der Waals surface area contributed by atoms with Crippen LogP contribution in [0.25, 0.3) is 10.2 Å². The summed E-state index contributed by atoms with van der Waals surface area (Å²) in [7, 11) is -3.30. The van der Waals surface area contributed by atoms with Crippen molar-refractivity contribution in [3.8, 4) is 0 Å². The van der Waals surface area contributed by atoms with Crippen LogP contribution in [0.2, 0.25) is 5.02 Å². The molecule has 0 saturated heterocycles. The van der Waals surface area contributed by atoms with Crippen LogP contribution >= 0.6 is 22.9 Å². The van der Waals surface area contributed by atoms with E-state index in [1.54, 1.807) is 41.3 Å². The number of nitrogens with zero attached hydrogens (tertiary/aromatic N) is 3. The average molecular weight is 447 g/mol. The summed E-state index contributed by atoms with van der Waals surface area (Å²) in [5.41, 5.74) is 2.10. The number of carbonyl (C=O) groups excluding carboxylic acids is 1. The van der Waals surface area contributed by atoms with Crippen LogP contribution in [-0.2, 0) is 16.4 Å². The van der Waals surface area contributed by atoms with Crippen LogP contribution in [0.15, 0.2) is 59.8 Å². The number of benzene rings is 2. The number of aromatic nitrogens is 3. The molecule has 148 valence electrons. The molecule has 4 aromatic rings. The maximum absolute atomic E-state index is 12.5. The molecule has 0 bridgehead atoms. The van der Waals surface area contributed by atoms with Crippen molar-refractivity contribution in [2.75, 3.05) is 11.6 Å². The Morgan fingerprint density at radius 1 is 1.21 bits per heavy atom. The first kappa shape index (κ1) is 19.6. The second-order valence-electron chi connectivity index (χ2n) is 6.43. The predicted octanol–water partition coefficient (Wildman–Crippen LogP) is 3.85. The number of hydrogen-bond acceptors (Lipinski definition) is 6. The summed E-state index contributed by atoms with van der Waals surface area (Å²) < 4.78 is 25.8. The van der Waals surface area contributed by atoms with Gasteiger partial charge in [0.05, 0.1) is 32.9 Å². The van der Waals surface area contributed by atoms with Gasteiger partial charge in [-0.2, -0.15) is 5.10 Å². The molecule has 4 rings (SSSR count). The van der Waals surface area contributed by atoms with Crippen LogP contribution in [-0.4, -0.2) is 35.3 Å². The molecule has 2 aromatic carbocycles. The van der Waals surface area contributed by atoms with E-state index in [2.05, 4.69) is 15.4 Å². The first-order valence-corrected chi connectivity index (χ1v) is 11.6. The van der Waals surface area contributed by atoms with E-state index in [4.69, 9.17) is 11.6 Å². The topological polar surface area (TPSA) is 94.0 Å². The van der Waals surface area contributed by atoms with Gasteiger partial charge in [0.2, 0.25) is 0 Å². The van der Waals surface area contributed by atoms with E-state index in [0.29, 0.717) is 32.5 Å². The summed E-state index contributed by atoms with van der Waals surface area (Å²) in [5, 5.41) is 7.87. The highest BCUT2D eigenvalue weighted by atomic mass is 35.5. The van der Waals surface area contributed by atoms with Gasteiger partial charge in [0.25, 0.3) is 5.91 Å². The fourth-order valence-electron chi connectivity index (χ4n) is 2.73. The van der Waals surface area contributed by atoms with Crippen molar-refractivity contribution in [2.24, 2.45) is 0 Å². The highest BCUT2D eigenvalue weighted by Crippen LogP contribution is 2.28. The largest absolute Gasteiger partial charge is 0.298 e. The second-order valence-corrected chi connectivity index (χ2v) is 9.91. The molecule has 29 heavy (non-hydrogen) atoms. The Morgan fingerprint density at radius 3 is 2.62 bits per heavy atom. The Morgan fingerprint density at radius 2 is 1.97 bits per heavy atom. The third-order valence-electron chi connectivity index (χ3n) is 4.17. The number of sulfone groups is 1. The third-order valence-corrected chi connectivity index (χ3v) is 6.41. The number of amides is 1. The summed E-state index contributed by atoms with van der Waals surface area (Å²) in [6, 6.07) is 11.9. The quantitative estimate of drug-likeness (QED) is 0.502. The van der Waals surface area contributed by atoms with Crippen molar-refractivity contribution in [3.63, 3.8) is 0 Å². The second kappa shape index (κ2) is 7.58. The highest BCUT2D eigenvalue weighted by Gasteiger charge is 2.13. The van der Waals surface area contributed by atoms with Gasteiger partial charge in [-0.05, 0) is 35.9 Å². The number of anilines is 1. The van der Waals surface area contributed by atoms with Gasteiger partial charge in [-0.1, -0.05) is 35.1 Å². The Balaban J connectivity index is 1.48. The Hall–Kier alpha value is -2.75. The number of fused-ring (bicyclic) bond motifs is 1. The molecular formula is C19H15ClN4O3S2. The van der Waals surface area contributed by atoms with E-state index < -0.39 is 9.84 Å². The van der Waals surface area contributed by atoms with Crippen LogP contribution in [0.4, 0.5) is 5.13 Å². The molecule has 0 atom stereocenters. The van der Waals surface area contributed by atoms with Crippen LogP contribution in [0, 0.1) is 0 Å². The van der Waals surface area contributed by atoms with Crippen LogP contribution in [0.5, 0.6) is 0 Å². The fraction of sp³-hybridized carbons (Fsp3) is 0.105. The molecule has 1 N–H and O–H groups in total. The Labute approximate surface area is 175 Å². The van der Waals surface area contributed by atoms with Crippen molar-refractivity contribution in [2.45, 2.75) is 11.4 Å². The molecule has 0 spiro atoms. The normalized spacial score (nSPS) is 11.7. The zero-order valence-corrected chi connectivity index (χ0v) is 17.6. The minimum atomic E-state index is -3.30. The molecule has 0 saturated carbocycles.